The van der Waals surface area contributed by atoms with Gasteiger partial charge in [-0.15, -0.1) is 0 Å². The Labute approximate surface area is 108 Å². The minimum atomic E-state index is -0.646. The Balaban J connectivity index is 1.93. The molecular weight excluding hydrogens is 248 g/mol. The Hall–Kier alpha value is -2.37. The summed E-state index contributed by atoms with van der Waals surface area (Å²) < 4.78 is 5.07. The molecule has 1 aromatic carbocycles. The fourth-order valence-corrected chi connectivity index (χ4v) is 2.61. The molecule has 98 valence electrons. The zero-order valence-corrected chi connectivity index (χ0v) is 10.1. The van der Waals surface area contributed by atoms with Gasteiger partial charge in [-0.1, -0.05) is 0 Å². The number of likely N-dealkylation sites (tertiary alicyclic amines) is 1. The first-order valence-electron chi connectivity index (χ1n) is 6.04. The monoisotopic (exact) mass is 260 g/mol. The van der Waals surface area contributed by atoms with Gasteiger partial charge in [0, 0.05) is 6.54 Å². The summed E-state index contributed by atoms with van der Waals surface area (Å²) in [5, 5.41) is 0. The molecule has 2 N–H and O–H groups in total. The van der Waals surface area contributed by atoms with Gasteiger partial charge in [0.25, 0.3) is 5.91 Å². The van der Waals surface area contributed by atoms with Crippen molar-refractivity contribution in [3.05, 3.63) is 50.2 Å². The summed E-state index contributed by atoms with van der Waals surface area (Å²) in [4.78, 5) is 36.5. The molecule has 2 heterocycles. The van der Waals surface area contributed by atoms with Gasteiger partial charge < -0.3 is 15.1 Å². The standard InChI is InChI=1S/C13H12N2O4/c14-10-9(11(16)12(10)17)7-3-1-5-15(7)13(18)8-4-2-6-19-8/h2,4,6-7H,1,3,5,14H2. The summed E-state index contributed by atoms with van der Waals surface area (Å²) in [7, 11) is 0. The third kappa shape index (κ3) is 1.60. The molecule has 6 heteroatoms. The Kier molecular flexibility index (Phi) is 2.51. The molecule has 6 nitrogen and oxygen atoms in total. The number of hydrogen-bond donors (Lipinski definition) is 1. The van der Waals surface area contributed by atoms with Crippen LogP contribution in [0.5, 0.6) is 0 Å². The largest absolute Gasteiger partial charge is 0.459 e. The van der Waals surface area contributed by atoms with Crippen LogP contribution in [0.1, 0.15) is 35.0 Å². The summed E-state index contributed by atoms with van der Waals surface area (Å²) in [6, 6.07) is 2.80. The zero-order valence-electron chi connectivity index (χ0n) is 10.1. The molecule has 1 fully saturated rings. The number of amides is 1. The third-order valence-corrected chi connectivity index (χ3v) is 3.56. The summed E-state index contributed by atoms with van der Waals surface area (Å²) in [6.07, 6.45) is 2.83. The van der Waals surface area contributed by atoms with Crippen LogP contribution in [0.4, 0.5) is 5.69 Å². The minimum Gasteiger partial charge on any atom is -0.459 e. The van der Waals surface area contributed by atoms with Gasteiger partial charge in [-0.3, -0.25) is 14.4 Å². The van der Waals surface area contributed by atoms with Crippen LogP contribution in [0.3, 0.4) is 0 Å². The van der Waals surface area contributed by atoms with Crippen molar-refractivity contribution in [3.63, 3.8) is 0 Å². The van der Waals surface area contributed by atoms with Crippen LogP contribution in [0, 0.1) is 0 Å². The molecule has 1 atom stereocenters. The maximum atomic E-state index is 12.2. The normalized spacial score (nSPS) is 19.2. The second kappa shape index (κ2) is 4.08. The van der Waals surface area contributed by atoms with Gasteiger partial charge in [0.15, 0.2) is 5.76 Å². The van der Waals surface area contributed by atoms with Crippen molar-refractivity contribution in [2.45, 2.75) is 18.9 Å². The summed E-state index contributed by atoms with van der Waals surface area (Å²) in [5.74, 6) is -0.0517. The first-order chi connectivity index (χ1) is 9.11. The molecule has 19 heavy (non-hydrogen) atoms. The predicted molar refractivity (Wildman–Crippen MR) is 67.5 cm³/mol. The molecular formula is C13H12N2O4. The number of nitrogens with zero attached hydrogens (tertiary/aromatic N) is 1. The van der Waals surface area contributed by atoms with E-state index in [0.717, 1.165) is 6.42 Å². The van der Waals surface area contributed by atoms with Crippen molar-refractivity contribution in [1.82, 2.24) is 4.90 Å². The van der Waals surface area contributed by atoms with Crippen molar-refractivity contribution in [2.75, 3.05) is 12.3 Å². The van der Waals surface area contributed by atoms with E-state index in [1.165, 1.54) is 6.26 Å². The lowest BCUT2D eigenvalue weighted by Crippen LogP contribution is -2.43. The van der Waals surface area contributed by atoms with Crippen molar-refractivity contribution < 1.29 is 9.21 Å². The van der Waals surface area contributed by atoms with E-state index >= 15 is 0 Å². The van der Waals surface area contributed by atoms with Crippen LogP contribution in [0.2, 0.25) is 0 Å². The first-order valence-corrected chi connectivity index (χ1v) is 6.04. The molecule has 1 unspecified atom stereocenters. The lowest BCUT2D eigenvalue weighted by molar-refractivity contribution is 0.0702. The maximum absolute atomic E-state index is 12.2. The zero-order chi connectivity index (χ0) is 13.6. The van der Waals surface area contributed by atoms with Crippen LogP contribution >= 0.6 is 0 Å². The number of hydrogen-bond acceptors (Lipinski definition) is 5. The Morgan fingerprint density at radius 2 is 2.16 bits per heavy atom. The SMILES string of the molecule is Nc1c(C2CCCN2C(=O)c2ccco2)c(=O)c1=O. The molecule has 0 saturated carbocycles. The van der Waals surface area contributed by atoms with Gasteiger partial charge >= 0.3 is 0 Å². The van der Waals surface area contributed by atoms with Gasteiger partial charge in [-0.05, 0) is 25.0 Å². The highest BCUT2D eigenvalue weighted by atomic mass is 16.3. The molecule has 1 aliphatic rings. The number of nitrogen functional groups attached to an aromatic ring is 1. The van der Waals surface area contributed by atoms with Crippen LogP contribution in [-0.4, -0.2) is 17.4 Å². The predicted octanol–water partition coefficient (Wildman–Crippen LogP) is 0.435. The fraction of sp³-hybridized carbons (Fsp3) is 0.308. The van der Waals surface area contributed by atoms with Gasteiger partial charge in [-0.2, -0.15) is 0 Å². The minimum absolute atomic E-state index is 0.00542. The Bertz CT molecular complexity index is 695. The third-order valence-electron chi connectivity index (χ3n) is 3.56. The second-order valence-electron chi connectivity index (χ2n) is 4.62. The molecule has 0 radical (unpaired) electrons. The quantitative estimate of drug-likeness (QED) is 0.790. The number of anilines is 1. The highest BCUT2D eigenvalue weighted by Gasteiger charge is 2.37. The average molecular weight is 260 g/mol. The van der Waals surface area contributed by atoms with Crippen LogP contribution in [0.15, 0.2) is 32.4 Å². The highest BCUT2D eigenvalue weighted by Crippen LogP contribution is 2.33. The van der Waals surface area contributed by atoms with E-state index in [1.54, 1.807) is 17.0 Å². The topological polar surface area (TPSA) is 93.6 Å². The van der Waals surface area contributed by atoms with Crippen molar-refractivity contribution >= 4 is 11.6 Å². The van der Waals surface area contributed by atoms with E-state index in [1.807, 2.05) is 0 Å². The average Bonchev–Trinajstić information content (AvgIpc) is 3.09. The van der Waals surface area contributed by atoms with Crippen molar-refractivity contribution in [1.29, 1.82) is 0 Å². The lowest BCUT2D eigenvalue weighted by Gasteiger charge is -2.25. The summed E-state index contributed by atoms with van der Waals surface area (Å²) in [6.45, 7) is 0.530. The second-order valence-corrected chi connectivity index (χ2v) is 4.62. The Morgan fingerprint density at radius 3 is 2.79 bits per heavy atom. The van der Waals surface area contributed by atoms with Crippen molar-refractivity contribution in [2.24, 2.45) is 0 Å². The number of carbonyl (C=O) groups is 1. The molecule has 1 aliphatic heterocycles. The van der Waals surface area contributed by atoms with Crippen molar-refractivity contribution in [3.8, 4) is 0 Å². The smallest absolute Gasteiger partial charge is 0.290 e. The molecule has 1 saturated heterocycles. The molecule has 3 rings (SSSR count). The number of rotatable bonds is 2. The molecule has 2 aromatic rings. The number of carbonyl (C=O) groups excluding carboxylic acids is 1. The number of furan rings is 1. The summed E-state index contributed by atoms with van der Waals surface area (Å²) in [5.41, 5.74) is 4.63. The summed E-state index contributed by atoms with van der Waals surface area (Å²) >= 11 is 0. The first kappa shape index (κ1) is 11.7. The van der Waals surface area contributed by atoms with E-state index in [4.69, 9.17) is 10.2 Å². The van der Waals surface area contributed by atoms with E-state index in [-0.39, 0.29) is 22.9 Å². The van der Waals surface area contributed by atoms with Gasteiger partial charge in [-0.25, -0.2) is 0 Å². The highest BCUT2D eigenvalue weighted by molar-refractivity contribution is 5.92. The maximum Gasteiger partial charge on any atom is 0.290 e. The van der Waals surface area contributed by atoms with E-state index < -0.39 is 16.9 Å². The van der Waals surface area contributed by atoms with Crippen LogP contribution in [0.25, 0.3) is 0 Å². The lowest BCUT2D eigenvalue weighted by atomic mass is 9.97. The molecule has 0 spiro atoms. The van der Waals surface area contributed by atoms with Crippen LogP contribution in [-0.2, 0) is 0 Å². The van der Waals surface area contributed by atoms with E-state index in [9.17, 15) is 14.4 Å². The van der Waals surface area contributed by atoms with E-state index in [2.05, 4.69) is 0 Å². The fourth-order valence-electron chi connectivity index (χ4n) is 2.61. The van der Waals surface area contributed by atoms with Gasteiger partial charge in [0.1, 0.15) is 0 Å². The molecule has 0 aliphatic carbocycles. The van der Waals surface area contributed by atoms with E-state index in [0.29, 0.717) is 13.0 Å². The number of nitrogens with two attached hydrogens (primary N) is 1. The van der Waals surface area contributed by atoms with Crippen LogP contribution < -0.4 is 16.6 Å². The molecule has 1 amide bonds. The van der Waals surface area contributed by atoms with Gasteiger partial charge in [0.05, 0.1) is 23.6 Å². The Morgan fingerprint density at radius 1 is 1.37 bits per heavy atom. The van der Waals surface area contributed by atoms with Gasteiger partial charge in [0.2, 0.25) is 10.9 Å². The molecule has 1 aromatic heterocycles. The molecule has 0 bridgehead atoms.